The van der Waals surface area contributed by atoms with Crippen molar-refractivity contribution in [3.05, 3.63) is 41.5 Å². The molecular formula is C13H17N. The van der Waals surface area contributed by atoms with Crippen LogP contribution < -0.4 is 5.32 Å². The molecule has 1 atom stereocenters. The van der Waals surface area contributed by atoms with Crippen LogP contribution in [-0.4, -0.2) is 12.6 Å². The molecule has 0 saturated carbocycles. The molecule has 1 heteroatoms. The third kappa shape index (κ3) is 2.05. The van der Waals surface area contributed by atoms with Crippen LogP contribution in [0.5, 0.6) is 0 Å². The Morgan fingerprint density at radius 3 is 2.93 bits per heavy atom. The van der Waals surface area contributed by atoms with Crippen molar-refractivity contribution >= 4 is 5.57 Å². The lowest BCUT2D eigenvalue weighted by Crippen LogP contribution is -2.29. The van der Waals surface area contributed by atoms with Crippen molar-refractivity contribution in [3.8, 4) is 0 Å². The molecule has 1 aliphatic rings. The van der Waals surface area contributed by atoms with Crippen molar-refractivity contribution in [1.29, 1.82) is 0 Å². The van der Waals surface area contributed by atoms with E-state index in [0.29, 0.717) is 6.04 Å². The summed E-state index contributed by atoms with van der Waals surface area (Å²) in [5.74, 6) is 0. The third-order valence-electron chi connectivity index (χ3n) is 2.73. The zero-order valence-corrected chi connectivity index (χ0v) is 8.88. The predicted octanol–water partition coefficient (Wildman–Crippen LogP) is 2.76. The lowest BCUT2D eigenvalue weighted by molar-refractivity contribution is 0.579. The van der Waals surface area contributed by atoms with E-state index < -0.39 is 0 Å². The van der Waals surface area contributed by atoms with Gasteiger partial charge in [0.15, 0.2) is 0 Å². The first-order valence-corrected chi connectivity index (χ1v) is 5.25. The van der Waals surface area contributed by atoms with Crippen molar-refractivity contribution in [2.24, 2.45) is 0 Å². The van der Waals surface area contributed by atoms with E-state index in [4.69, 9.17) is 0 Å². The Labute approximate surface area is 85.8 Å². The van der Waals surface area contributed by atoms with Crippen LogP contribution in [-0.2, 0) is 0 Å². The van der Waals surface area contributed by atoms with E-state index in [0.717, 1.165) is 13.0 Å². The van der Waals surface area contributed by atoms with Crippen molar-refractivity contribution in [1.82, 2.24) is 5.32 Å². The van der Waals surface area contributed by atoms with E-state index in [-0.39, 0.29) is 0 Å². The van der Waals surface area contributed by atoms with Crippen LogP contribution in [0, 0.1) is 6.92 Å². The van der Waals surface area contributed by atoms with Gasteiger partial charge in [0.25, 0.3) is 0 Å². The van der Waals surface area contributed by atoms with E-state index in [1.54, 1.807) is 0 Å². The molecule has 0 fully saturated rings. The van der Waals surface area contributed by atoms with Crippen molar-refractivity contribution in [3.63, 3.8) is 0 Å². The van der Waals surface area contributed by atoms with Gasteiger partial charge in [-0.2, -0.15) is 0 Å². The summed E-state index contributed by atoms with van der Waals surface area (Å²) in [6, 6.07) is 9.36. The number of nitrogens with one attached hydrogen (secondary N) is 1. The highest BCUT2D eigenvalue weighted by Gasteiger charge is 2.11. The highest BCUT2D eigenvalue weighted by atomic mass is 14.9. The third-order valence-corrected chi connectivity index (χ3v) is 2.73. The molecule has 1 aromatic rings. The van der Waals surface area contributed by atoms with Crippen LogP contribution in [0.15, 0.2) is 30.3 Å². The molecule has 0 aliphatic carbocycles. The molecule has 1 unspecified atom stereocenters. The Bertz CT molecular complexity index is 352. The second kappa shape index (κ2) is 3.97. The topological polar surface area (TPSA) is 12.0 Å². The average molecular weight is 187 g/mol. The minimum Gasteiger partial charge on any atom is -0.310 e. The van der Waals surface area contributed by atoms with Gasteiger partial charge in [0, 0.05) is 12.6 Å². The minimum absolute atomic E-state index is 0.607. The van der Waals surface area contributed by atoms with Gasteiger partial charge in [0.1, 0.15) is 0 Å². The van der Waals surface area contributed by atoms with Gasteiger partial charge in [-0.1, -0.05) is 35.9 Å². The molecule has 2 rings (SSSR count). The number of hydrogen-bond donors (Lipinski definition) is 1. The van der Waals surface area contributed by atoms with Gasteiger partial charge in [-0.25, -0.2) is 0 Å². The predicted molar refractivity (Wildman–Crippen MR) is 61.2 cm³/mol. The summed E-state index contributed by atoms with van der Waals surface area (Å²) in [6.07, 6.45) is 3.44. The normalized spacial score (nSPS) is 21.9. The maximum absolute atomic E-state index is 3.42. The second-order valence-corrected chi connectivity index (χ2v) is 4.11. The first-order valence-electron chi connectivity index (χ1n) is 5.25. The van der Waals surface area contributed by atoms with Gasteiger partial charge in [0.2, 0.25) is 0 Å². The molecule has 0 saturated heterocycles. The summed E-state index contributed by atoms with van der Waals surface area (Å²) in [4.78, 5) is 0. The Morgan fingerprint density at radius 2 is 2.21 bits per heavy atom. The quantitative estimate of drug-likeness (QED) is 0.713. The van der Waals surface area contributed by atoms with E-state index in [1.165, 1.54) is 16.7 Å². The van der Waals surface area contributed by atoms with Crippen LogP contribution in [0.4, 0.5) is 0 Å². The molecule has 1 N–H and O–H groups in total. The summed E-state index contributed by atoms with van der Waals surface area (Å²) in [5.41, 5.74) is 4.22. The summed E-state index contributed by atoms with van der Waals surface area (Å²) < 4.78 is 0. The standard InChI is InChI=1S/C13H17N/c1-10-4-3-5-12(8-10)13-6-7-14-11(2)9-13/h3-6,8,11,14H,7,9H2,1-2H3. The fourth-order valence-electron chi connectivity index (χ4n) is 1.95. The van der Waals surface area contributed by atoms with Crippen molar-refractivity contribution in [2.45, 2.75) is 26.3 Å². The summed E-state index contributed by atoms with van der Waals surface area (Å²) in [5, 5.41) is 3.42. The highest BCUT2D eigenvalue weighted by Crippen LogP contribution is 2.22. The van der Waals surface area contributed by atoms with Crippen LogP contribution in [0.3, 0.4) is 0 Å². The van der Waals surface area contributed by atoms with Crippen molar-refractivity contribution in [2.75, 3.05) is 6.54 Å². The Morgan fingerprint density at radius 1 is 1.36 bits per heavy atom. The average Bonchev–Trinajstić information content (AvgIpc) is 2.18. The Kier molecular flexibility index (Phi) is 2.69. The molecule has 0 radical (unpaired) electrons. The molecule has 0 spiro atoms. The van der Waals surface area contributed by atoms with Crippen LogP contribution in [0.2, 0.25) is 0 Å². The molecule has 1 heterocycles. The molecule has 74 valence electrons. The van der Waals surface area contributed by atoms with Gasteiger partial charge in [0.05, 0.1) is 0 Å². The van der Waals surface area contributed by atoms with E-state index >= 15 is 0 Å². The molecule has 0 amide bonds. The van der Waals surface area contributed by atoms with Gasteiger partial charge in [-0.05, 0) is 31.4 Å². The second-order valence-electron chi connectivity index (χ2n) is 4.11. The highest BCUT2D eigenvalue weighted by molar-refractivity contribution is 5.67. The fourth-order valence-corrected chi connectivity index (χ4v) is 1.95. The Balaban J connectivity index is 2.26. The lowest BCUT2D eigenvalue weighted by atomic mass is 9.95. The molecule has 1 nitrogen and oxygen atoms in total. The number of hydrogen-bond acceptors (Lipinski definition) is 1. The summed E-state index contributed by atoms with van der Waals surface area (Å²) in [7, 11) is 0. The number of rotatable bonds is 1. The van der Waals surface area contributed by atoms with Gasteiger partial charge < -0.3 is 5.32 Å². The zero-order valence-electron chi connectivity index (χ0n) is 8.88. The Hall–Kier alpha value is -1.08. The molecule has 14 heavy (non-hydrogen) atoms. The van der Waals surface area contributed by atoms with Gasteiger partial charge in [-0.15, -0.1) is 0 Å². The molecule has 0 bridgehead atoms. The van der Waals surface area contributed by atoms with Crippen LogP contribution >= 0.6 is 0 Å². The van der Waals surface area contributed by atoms with E-state index in [1.807, 2.05) is 0 Å². The number of aryl methyl sites for hydroxylation is 1. The van der Waals surface area contributed by atoms with Crippen LogP contribution in [0.25, 0.3) is 5.57 Å². The first-order chi connectivity index (χ1) is 6.75. The van der Waals surface area contributed by atoms with E-state index in [9.17, 15) is 0 Å². The maximum atomic E-state index is 3.42. The van der Waals surface area contributed by atoms with Crippen LogP contribution in [0.1, 0.15) is 24.5 Å². The molecular weight excluding hydrogens is 170 g/mol. The van der Waals surface area contributed by atoms with Crippen molar-refractivity contribution < 1.29 is 0 Å². The molecule has 1 aliphatic heterocycles. The monoisotopic (exact) mass is 187 g/mol. The fraction of sp³-hybridized carbons (Fsp3) is 0.385. The summed E-state index contributed by atoms with van der Waals surface area (Å²) in [6.45, 7) is 5.39. The first kappa shape index (κ1) is 9.47. The van der Waals surface area contributed by atoms with Gasteiger partial charge in [-0.3, -0.25) is 0 Å². The smallest absolute Gasteiger partial charge is 0.0143 e. The SMILES string of the molecule is Cc1cccc(C2=CCNC(C)C2)c1. The maximum Gasteiger partial charge on any atom is 0.0143 e. The van der Waals surface area contributed by atoms with Gasteiger partial charge >= 0.3 is 0 Å². The number of benzene rings is 1. The zero-order chi connectivity index (χ0) is 9.97. The summed E-state index contributed by atoms with van der Waals surface area (Å²) >= 11 is 0. The molecule has 1 aromatic carbocycles. The molecule has 0 aromatic heterocycles. The largest absolute Gasteiger partial charge is 0.310 e. The van der Waals surface area contributed by atoms with E-state index in [2.05, 4.69) is 49.5 Å². The lowest BCUT2D eigenvalue weighted by Gasteiger charge is -2.21. The minimum atomic E-state index is 0.607.